The molecule has 0 saturated carbocycles. The van der Waals surface area contributed by atoms with Crippen LogP contribution in [0.3, 0.4) is 0 Å². The summed E-state index contributed by atoms with van der Waals surface area (Å²) in [5, 5.41) is 0. The molecule has 0 heterocycles. The summed E-state index contributed by atoms with van der Waals surface area (Å²) in [6.45, 7) is 9.58. The molecule has 0 aliphatic carbocycles. The minimum atomic E-state index is 1.03. The Labute approximate surface area is 80.4 Å². The molecule has 0 aromatic heterocycles. The van der Waals surface area contributed by atoms with Gasteiger partial charge in [-0.25, -0.2) is 0 Å². The molecule has 0 radical (unpaired) electrons. The molecule has 0 unspecified atom stereocenters. The second kappa shape index (κ2) is 8.66. The van der Waals surface area contributed by atoms with E-state index in [4.69, 9.17) is 0 Å². The summed E-state index contributed by atoms with van der Waals surface area (Å²) >= 11 is 1.93. The Morgan fingerprint density at radius 2 is 2.25 bits per heavy atom. The highest BCUT2D eigenvalue weighted by Crippen LogP contribution is 2.09. The Morgan fingerprint density at radius 3 is 2.83 bits per heavy atom. The predicted molar refractivity (Wildman–Crippen MR) is 60.7 cm³/mol. The average Bonchev–Trinajstić information content (AvgIpc) is 2.10. The molecule has 0 N–H and O–H groups in total. The summed E-state index contributed by atoms with van der Waals surface area (Å²) in [5.41, 5.74) is 1.13. The van der Waals surface area contributed by atoms with E-state index >= 15 is 0 Å². The first kappa shape index (κ1) is 11.6. The molecule has 0 aliphatic heterocycles. The van der Waals surface area contributed by atoms with Gasteiger partial charge < -0.3 is 0 Å². The van der Waals surface area contributed by atoms with Crippen LogP contribution in [0.1, 0.15) is 19.8 Å². The third kappa shape index (κ3) is 7.67. The van der Waals surface area contributed by atoms with Gasteiger partial charge in [-0.2, -0.15) is 11.8 Å². The molecule has 0 spiro atoms. The van der Waals surface area contributed by atoms with E-state index in [0.29, 0.717) is 0 Å². The van der Waals surface area contributed by atoms with Crippen LogP contribution in [-0.4, -0.2) is 11.5 Å². The number of hydrogen-bond donors (Lipinski definition) is 0. The van der Waals surface area contributed by atoms with E-state index in [-0.39, 0.29) is 0 Å². The first-order chi connectivity index (χ1) is 5.81. The first-order valence-electron chi connectivity index (χ1n) is 4.30. The highest BCUT2D eigenvalue weighted by molar-refractivity contribution is 7.99. The fourth-order valence-electron chi connectivity index (χ4n) is 0.732. The third-order valence-corrected chi connectivity index (χ3v) is 2.62. The van der Waals surface area contributed by atoms with Crippen molar-refractivity contribution in [2.75, 3.05) is 11.5 Å². The lowest BCUT2D eigenvalue weighted by Gasteiger charge is -1.98. The number of rotatable bonds is 7. The maximum absolute atomic E-state index is 3.85. The van der Waals surface area contributed by atoms with Crippen molar-refractivity contribution >= 4 is 11.8 Å². The van der Waals surface area contributed by atoms with Gasteiger partial charge >= 0.3 is 0 Å². The minimum absolute atomic E-state index is 1.03. The highest BCUT2D eigenvalue weighted by Gasteiger charge is 1.89. The van der Waals surface area contributed by atoms with Crippen molar-refractivity contribution in [2.45, 2.75) is 19.8 Å². The van der Waals surface area contributed by atoms with Crippen LogP contribution in [0.5, 0.6) is 0 Å². The normalized spacial score (nSPS) is 10.4. The van der Waals surface area contributed by atoms with E-state index in [0.717, 1.165) is 11.3 Å². The third-order valence-electron chi connectivity index (χ3n) is 1.47. The summed E-state index contributed by atoms with van der Waals surface area (Å²) in [5.74, 6) is 2.25. The molecule has 0 nitrogen and oxygen atoms in total. The van der Waals surface area contributed by atoms with Crippen molar-refractivity contribution in [1.29, 1.82) is 0 Å². The topological polar surface area (TPSA) is 0 Å². The fourth-order valence-corrected chi connectivity index (χ4v) is 1.63. The number of hydrogen-bond acceptors (Lipinski definition) is 1. The zero-order valence-corrected chi connectivity index (χ0v) is 8.70. The Kier molecular flexibility index (Phi) is 8.35. The first-order valence-corrected chi connectivity index (χ1v) is 5.46. The lowest BCUT2D eigenvalue weighted by Crippen LogP contribution is -1.84. The van der Waals surface area contributed by atoms with Gasteiger partial charge in [-0.05, 0) is 31.1 Å². The smallest absolute Gasteiger partial charge is 0.0178 e. The Morgan fingerprint density at radius 1 is 1.50 bits per heavy atom. The van der Waals surface area contributed by atoms with Crippen LogP contribution in [0.4, 0.5) is 0 Å². The van der Waals surface area contributed by atoms with Gasteiger partial charge in [-0.3, -0.25) is 0 Å². The monoisotopic (exact) mass is 182 g/mol. The highest BCUT2D eigenvalue weighted by atomic mass is 32.2. The molecule has 0 atom stereocenters. The van der Waals surface area contributed by atoms with Gasteiger partial charge in [0.15, 0.2) is 0 Å². The molecule has 0 bridgehead atoms. The summed E-state index contributed by atoms with van der Waals surface area (Å²) in [6.07, 6.45) is 8.61. The van der Waals surface area contributed by atoms with Crippen molar-refractivity contribution in [1.82, 2.24) is 0 Å². The predicted octanol–water partition coefficient (Wildman–Crippen LogP) is 3.82. The van der Waals surface area contributed by atoms with Crippen molar-refractivity contribution in [3.05, 3.63) is 37.0 Å². The van der Waals surface area contributed by atoms with Crippen molar-refractivity contribution in [2.24, 2.45) is 0 Å². The molecule has 0 fully saturated rings. The zero-order valence-electron chi connectivity index (χ0n) is 7.88. The minimum Gasteiger partial charge on any atom is -0.157 e. The number of allylic oxidation sites excluding steroid dienone is 3. The van der Waals surface area contributed by atoms with Crippen LogP contribution in [0.2, 0.25) is 0 Å². The fraction of sp³-hybridized carbons (Fsp3) is 0.455. The number of thioether (sulfide) groups is 1. The molecule has 0 aromatic rings. The van der Waals surface area contributed by atoms with E-state index in [9.17, 15) is 0 Å². The van der Waals surface area contributed by atoms with Crippen LogP contribution in [0, 0.1) is 0 Å². The summed E-state index contributed by atoms with van der Waals surface area (Å²) < 4.78 is 0. The lowest BCUT2D eigenvalue weighted by atomic mass is 10.3. The second-order valence-corrected chi connectivity index (χ2v) is 3.73. The van der Waals surface area contributed by atoms with E-state index in [1.54, 1.807) is 0 Å². The van der Waals surface area contributed by atoms with Gasteiger partial charge in [0.25, 0.3) is 0 Å². The van der Waals surface area contributed by atoms with E-state index in [1.807, 2.05) is 17.8 Å². The molecular weight excluding hydrogens is 164 g/mol. The van der Waals surface area contributed by atoms with Crippen LogP contribution >= 0.6 is 11.8 Å². The van der Waals surface area contributed by atoms with Crippen molar-refractivity contribution in [3.8, 4) is 0 Å². The molecule has 0 rings (SSSR count). The van der Waals surface area contributed by atoms with Crippen molar-refractivity contribution < 1.29 is 0 Å². The molecule has 0 saturated heterocycles. The maximum Gasteiger partial charge on any atom is 0.0178 e. The lowest BCUT2D eigenvalue weighted by molar-refractivity contribution is 0.970. The van der Waals surface area contributed by atoms with Crippen LogP contribution in [0.15, 0.2) is 37.0 Å². The molecule has 12 heavy (non-hydrogen) atoms. The number of unbranched alkanes of at least 4 members (excludes halogenated alkanes) is 1. The molecule has 0 aromatic carbocycles. The van der Waals surface area contributed by atoms with Crippen LogP contribution in [0.25, 0.3) is 0 Å². The van der Waals surface area contributed by atoms with E-state index < -0.39 is 0 Å². The van der Waals surface area contributed by atoms with Crippen LogP contribution < -0.4 is 0 Å². The largest absolute Gasteiger partial charge is 0.157 e. The van der Waals surface area contributed by atoms with E-state index in [2.05, 4.69) is 32.2 Å². The summed E-state index contributed by atoms with van der Waals surface area (Å²) in [6, 6.07) is 0. The SMILES string of the molecule is C=CC(=C)CSCCC/C=C\C. The van der Waals surface area contributed by atoms with Gasteiger partial charge in [-0.15, -0.1) is 0 Å². The van der Waals surface area contributed by atoms with E-state index in [1.165, 1.54) is 18.6 Å². The van der Waals surface area contributed by atoms with Gasteiger partial charge in [-0.1, -0.05) is 31.4 Å². The molecule has 68 valence electrons. The summed E-state index contributed by atoms with van der Waals surface area (Å²) in [7, 11) is 0. The van der Waals surface area contributed by atoms with Gasteiger partial charge in [0.05, 0.1) is 0 Å². The van der Waals surface area contributed by atoms with Crippen molar-refractivity contribution in [3.63, 3.8) is 0 Å². The Bertz CT molecular complexity index is 156. The Hall–Kier alpha value is -0.430. The molecule has 0 amide bonds. The van der Waals surface area contributed by atoms with Gasteiger partial charge in [0.1, 0.15) is 0 Å². The van der Waals surface area contributed by atoms with Gasteiger partial charge in [0, 0.05) is 5.75 Å². The maximum atomic E-state index is 3.85. The molecular formula is C11H18S. The van der Waals surface area contributed by atoms with Gasteiger partial charge in [0.2, 0.25) is 0 Å². The second-order valence-electron chi connectivity index (χ2n) is 2.63. The zero-order chi connectivity index (χ0) is 9.23. The molecule has 1 heteroatoms. The average molecular weight is 182 g/mol. The molecule has 0 aliphatic rings. The van der Waals surface area contributed by atoms with Crippen LogP contribution in [-0.2, 0) is 0 Å². The quantitative estimate of drug-likeness (QED) is 0.328. The standard InChI is InChI=1S/C11H18S/c1-4-6-7-8-9-12-10-11(3)5-2/h4-6H,2-3,7-10H2,1H3/b6-4-. The summed E-state index contributed by atoms with van der Waals surface area (Å²) in [4.78, 5) is 0. The Balaban J connectivity index is 3.10.